The molecular weight excluding hydrogens is 461 g/mol. The Balaban J connectivity index is 1.22. The smallest absolute Gasteiger partial charge is 0.466 e. The SMILES string of the molecule is CCOC(=O)C1(CN2CCC3(CC2)CC(N(C(=O)C(F)(F)F)[C@@H]2C[C@H]2c2ccccc2)CO3)CC1. The Morgan fingerprint density at radius 2 is 1.83 bits per heavy atom. The highest BCUT2D eigenvalue weighted by Gasteiger charge is 2.57. The molecule has 1 unspecified atom stereocenters. The lowest BCUT2D eigenvalue weighted by Crippen LogP contribution is -2.50. The van der Waals surface area contributed by atoms with Crippen molar-refractivity contribution in [1.82, 2.24) is 9.80 Å². The molecular formula is C26H33F3N2O4. The van der Waals surface area contributed by atoms with Crippen LogP contribution in [0.25, 0.3) is 0 Å². The van der Waals surface area contributed by atoms with Gasteiger partial charge in [0.25, 0.3) is 0 Å². The number of rotatable bonds is 7. The van der Waals surface area contributed by atoms with Gasteiger partial charge in [0.2, 0.25) is 0 Å². The lowest BCUT2D eigenvalue weighted by molar-refractivity contribution is -0.188. The Hall–Kier alpha value is -2.13. The third-order valence-corrected chi connectivity index (χ3v) is 8.26. The molecule has 2 saturated heterocycles. The van der Waals surface area contributed by atoms with Gasteiger partial charge in [-0.15, -0.1) is 0 Å². The molecule has 35 heavy (non-hydrogen) atoms. The number of piperidine rings is 1. The van der Waals surface area contributed by atoms with Crippen molar-refractivity contribution in [2.45, 2.75) is 75.2 Å². The van der Waals surface area contributed by atoms with Crippen LogP contribution in [0.3, 0.4) is 0 Å². The highest BCUT2D eigenvalue weighted by molar-refractivity contribution is 5.83. The predicted molar refractivity (Wildman–Crippen MR) is 122 cm³/mol. The van der Waals surface area contributed by atoms with Gasteiger partial charge in [-0.1, -0.05) is 30.3 Å². The molecule has 1 aromatic rings. The van der Waals surface area contributed by atoms with E-state index in [1.54, 1.807) is 0 Å². The molecule has 0 N–H and O–H groups in total. The van der Waals surface area contributed by atoms with Crippen LogP contribution in [-0.4, -0.2) is 78.4 Å². The van der Waals surface area contributed by atoms with Gasteiger partial charge in [-0.3, -0.25) is 9.59 Å². The minimum atomic E-state index is -4.91. The maximum Gasteiger partial charge on any atom is 0.471 e. The van der Waals surface area contributed by atoms with Gasteiger partial charge in [-0.05, 0) is 51.0 Å². The number of likely N-dealkylation sites (tertiary alicyclic amines) is 1. The van der Waals surface area contributed by atoms with E-state index in [-0.39, 0.29) is 18.5 Å². The highest BCUT2D eigenvalue weighted by Crippen LogP contribution is 2.50. The average Bonchev–Trinajstić information content (AvgIpc) is 3.75. The van der Waals surface area contributed by atoms with Crippen molar-refractivity contribution >= 4 is 11.9 Å². The number of alkyl halides is 3. The summed E-state index contributed by atoms with van der Waals surface area (Å²) >= 11 is 0. The number of carbonyl (C=O) groups excluding carboxylic acids is 2. The zero-order chi connectivity index (χ0) is 24.8. The molecule has 0 bridgehead atoms. The average molecular weight is 495 g/mol. The molecule has 4 fully saturated rings. The fourth-order valence-electron chi connectivity index (χ4n) is 6.04. The molecule has 2 saturated carbocycles. The van der Waals surface area contributed by atoms with Gasteiger partial charge in [0, 0.05) is 31.6 Å². The van der Waals surface area contributed by atoms with Gasteiger partial charge in [-0.25, -0.2) is 0 Å². The molecule has 1 aromatic carbocycles. The Kier molecular flexibility index (Phi) is 6.36. The van der Waals surface area contributed by atoms with Crippen LogP contribution in [0.4, 0.5) is 13.2 Å². The Bertz CT molecular complexity index is 942. The number of nitrogens with zero attached hydrogens (tertiary/aromatic N) is 2. The molecule has 9 heteroatoms. The summed E-state index contributed by atoms with van der Waals surface area (Å²) in [6, 6.07) is 8.40. The summed E-state index contributed by atoms with van der Waals surface area (Å²) in [5.41, 5.74) is 0.0619. The number of hydrogen-bond acceptors (Lipinski definition) is 5. The van der Waals surface area contributed by atoms with Crippen LogP contribution in [0, 0.1) is 5.41 Å². The van der Waals surface area contributed by atoms with Gasteiger partial charge in [0.15, 0.2) is 0 Å². The van der Waals surface area contributed by atoms with Gasteiger partial charge in [0.05, 0.1) is 30.3 Å². The van der Waals surface area contributed by atoms with E-state index in [9.17, 15) is 22.8 Å². The van der Waals surface area contributed by atoms with E-state index in [0.29, 0.717) is 38.8 Å². The highest BCUT2D eigenvalue weighted by atomic mass is 19.4. The second-order valence-electron chi connectivity index (χ2n) is 10.7. The lowest BCUT2D eigenvalue weighted by Gasteiger charge is -2.40. The van der Waals surface area contributed by atoms with Crippen molar-refractivity contribution in [2.75, 3.05) is 32.8 Å². The largest absolute Gasteiger partial charge is 0.471 e. The third-order valence-electron chi connectivity index (χ3n) is 8.26. The van der Waals surface area contributed by atoms with Crippen LogP contribution < -0.4 is 0 Å². The van der Waals surface area contributed by atoms with Crippen molar-refractivity contribution in [1.29, 1.82) is 0 Å². The molecule has 4 aliphatic rings. The number of hydrogen-bond donors (Lipinski definition) is 0. The number of esters is 1. The summed E-state index contributed by atoms with van der Waals surface area (Å²) in [6.45, 7) is 4.41. The normalized spacial score (nSPS) is 29.1. The van der Waals surface area contributed by atoms with E-state index in [4.69, 9.17) is 9.47 Å². The molecule has 3 atom stereocenters. The van der Waals surface area contributed by atoms with Crippen LogP contribution in [0.5, 0.6) is 0 Å². The summed E-state index contributed by atoms with van der Waals surface area (Å²) in [5, 5.41) is 0. The zero-order valence-corrected chi connectivity index (χ0v) is 20.1. The molecule has 2 aliphatic carbocycles. The second kappa shape index (κ2) is 9.07. The van der Waals surface area contributed by atoms with E-state index in [0.717, 1.165) is 36.4 Å². The van der Waals surface area contributed by atoms with E-state index < -0.39 is 35.2 Å². The Morgan fingerprint density at radius 1 is 1.14 bits per heavy atom. The standard InChI is InChI=1S/C26H33F3N2O4/c1-2-34-23(33)24(8-9-24)17-30-12-10-25(11-13-30)15-19(16-35-25)31(22(32)26(27,28)29)21-14-20(21)18-6-4-3-5-7-18/h3-7,19-21H,2,8-17H2,1H3/t19?,20-,21+/m0/s1. The maximum absolute atomic E-state index is 13.6. The first kappa shape index (κ1) is 24.6. The first-order valence-electron chi connectivity index (χ1n) is 12.6. The number of amides is 1. The van der Waals surface area contributed by atoms with Crippen molar-refractivity contribution in [2.24, 2.45) is 5.41 Å². The van der Waals surface area contributed by atoms with Crippen molar-refractivity contribution in [3.05, 3.63) is 35.9 Å². The molecule has 1 amide bonds. The van der Waals surface area contributed by atoms with E-state index in [1.807, 2.05) is 37.3 Å². The second-order valence-corrected chi connectivity index (χ2v) is 10.7. The van der Waals surface area contributed by atoms with Crippen LogP contribution in [-0.2, 0) is 19.1 Å². The van der Waals surface area contributed by atoms with Crippen LogP contribution in [0.2, 0.25) is 0 Å². The van der Waals surface area contributed by atoms with Crippen LogP contribution >= 0.6 is 0 Å². The van der Waals surface area contributed by atoms with E-state index in [1.165, 1.54) is 0 Å². The van der Waals surface area contributed by atoms with Gasteiger partial charge in [0.1, 0.15) is 0 Å². The predicted octanol–water partition coefficient (Wildman–Crippen LogP) is 3.90. The number of benzene rings is 1. The number of carbonyl (C=O) groups is 2. The number of ether oxygens (including phenoxy) is 2. The molecule has 1 spiro atoms. The monoisotopic (exact) mass is 494 g/mol. The van der Waals surface area contributed by atoms with Crippen LogP contribution in [0.15, 0.2) is 30.3 Å². The molecule has 0 radical (unpaired) electrons. The van der Waals surface area contributed by atoms with Crippen molar-refractivity contribution < 1.29 is 32.2 Å². The van der Waals surface area contributed by atoms with E-state index >= 15 is 0 Å². The fourth-order valence-corrected chi connectivity index (χ4v) is 6.04. The molecule has 192 valence electrons. The zero-order valence-electron chi connectivity index (χ0n) is 20.1. The van der Waals surface area contributed by atoms with Crippen molar-refractivity contribution in [3.63, 3.8) is 0 Å². The van der Waals surface area contributed by atoms with Crippen molar-refractivity contribution in [3.8, 4) is 0 Å². The Morgan fingerprint density at radius 3 is 2.43 bits per heavy atom. The topological polar surface area (TPSA) is 59.1 Å². The van der Waals surface area contributed by atoms with Gasteiger partial charge in [-0.2, -0.15) is 13.2 Å². The molecule has 6 nitrogen and oxygen atoms in total. The minimum absolute atomic E-state index is 0.0708. The molecule has 5 rings (SSSR count). The van der Waals surface area contributed by atoms with Gasteiger partial charge >= 0.3 is 18.1 Å². The summed E-state index contributed by atoms with van der Waals surface area (Å²) in [7, 11) is 0. The number of halogens is 3. The first-order chi connectivity index (χ1) is 16.7. The molecule has 0 aromatic heterocycles. The molecule has 2 heterocycles. The lowest BCUT2D eigenvalue weighted by atomic mass is 9.86. The minimum Gasteiger partial charge on any atom is -0.466 e. The first-order valence-corrected chi connectivity index (χ1v) is 12.6. The summed E-state index contributed by atoms with van der Waals surface area (Å²) in [5.74, 6) is -1.95. The van der Waals surface area contributed by atoms with Crippen LogP contribution in [0.1, 0.15) is 56.9 Å². The van der Waals surface area contributed by atoms with Gasteiger partial charge < -0.3 is 19.3 Å². The quantitative estimate of drug-likeness (QED) is 0.539. The summed E-state index contributed by atoms with van der Waals surface area (Å²) in [4.78, 5) is 28.1. The molecule has 2 aliphatic heterocycles. The fraction of sp³-hybridized carbons (Fsp3) is 0.692. The maximum atomic E-state index is 13.6. The van der Waals surface area contributed by atoms with E-state index in [2.05, 4.69) is 4.90 Å². The summed E-state index contributed by atoms with van der Waals surface area (Å²) in [6.07, 6.45) is -0.904. The third kappa shape index (κ3) is 4.94. The summed E-state index contributed by atoms with van der Waals surface area (Å²) < 4.78 is 52.1. The Labute approximate surface area is 203 Å².